The number of halogens is 2. The molecule has 26 heavy (non-hydrogen) atoms. The number of anilines is 1. The Morgan fingerprint density at radius 1 is 1.27 bits per heavy atom. The van der Waals surface area contributed by atoms with E-state index in [4.69, 9.17) is 16.0 Å². The lowest BCUT2D eigenvalue weighted by Gasteiger charge is -2.31. The van der Waals surface area contributed by atoms with Crippen molar-refractivity contribution in [3.63, 3.8) is 0 Å². The van der Waals surface area contributed by atoms with E-state index >= 15 is 0 Å². The van der Waals surface area contributed by atoms with Gasteiger partial charge < -0.3 is 14.6 Å². The summed E-state index contributed by atoms with van der Waals surface area (Å²) in [5.74, 6) is 1.48. The lowest BCUT2D eigenvalue weighted by molar-refractivity contribution is -0.121. The molecule has 0 radical (unpaired) electrons. The fourth-order valence-electron chi connectivity index (χ4n) is 3.08. The minimum absolute atomic E-state index is 0.0653. The Bertz CT molecular complexity index is 827. The van der Waals surface area contributed by atoms with Gasteiger partial charge in [-0.05, 0) is 54.8 Å². The van der Waals surface area contributed by atoms with Gasteiger partial charge in [0, 0.05) is 25.2 Å². The molecule has 0 saturated carbocycles. The predicted octanol–water partition coefficient (Wildman–Crippen LogP) is 4.20. The van der Waals surface area contributed by atoms with E-state index in [-0.39, 0.29) is 17.7 Å². The van der Waals surface area contributed by atoms with Gasteiger partial charge in [-0.2, -0.15) is 0 Å². The van der Waals surface area contributed by atoms with Crippen LogP contribution in [0.3, 0.4) is 0 Å². The number of nitrogens with zero attached hydrogens (tertiary/aromatic N) is 2. The molecule has 0 spiro atoms. The van der Waals surface area contributed by atoms with Crippen molar-refractivity contribution < 1.29 is 14.0 Å². The number of aryl methyl sites for hydroxylation is 2. The Balaban J connectivity index is 1.59. The zero-order valence-electron chi connectivity index (χ0n) is 14.5. The maximum atomic E-state index is 12.8. The standard InChI is InChI=1S/C18H19BrClN3O3/c1-10-15(16(19)11(2)26-10)18(25)23-7-5-12(6-8-23)17(24)22-14-4-3-13(20)9-21-14/h3-4,9,12H,5-8H2,1-2H3,(H,21,22,24). The number of likely N-dealkylation sites (tertiary alicyclic amines) is 1. The van der Waals surface area contributed by atoms with Gasteiger partial charge in [0.2, 0.25) is 5.91 Å². The van der Waals surface area contributed by atoms with Crippen LogP contribution in [0.5, 0.6) is 0 Å². The van der Waals surface area contributed by atoms with Crippen molar-refractivity contribution in [3.8, 4) is 0 Å². The SMILES string of the molecule is Cc1oc(C)c(C(=O)N2CCC(C(=O)Nc3ccc(Cl)cn3)CC2)c1Br. The molecule has 3 rings (SSSR count). The summed E-state index contributed by atoms with van der Waals surface area (Å²) >= 11 is 9.22. The minimum atomic E-state index is -0.146. The van der Waals surface area contributed by atoms with Gasteiger partial charge in [-0.15, -0.1) is 0 Å². The topological polar surface area (TPSA) is 75.4 Å². The van der Waals surface area contributed by atoms with Crippen molar-refractivity contribution in [3.05, 3.63) is 44.9 Å². The second kappa shape index (κ2) is 7.80. The van der Waals surface area contributed by atoms with Crippen molar-refractivity contribution >= 4 is 45.2 Å². The molecule has 1 aliphatic heterocycles. The summed E-state index contributed by atoms with van der Waals surface area (Å²) in [6.45, 7) is 4.65. The smallest absolute Gasteiger partial charge is 0.258 e. The lowest BCUT2D eigenvalue weighted by Crippen LogP contribution is -2.41. The second-order valence-corrected chi connectivity index (χ2v) is 7.55. The third-order valence-electron chi connectivity index (χ3n) is 4.53. The zero-order valence-corrected chi connectivity index (χ0v) is 16.9. The highest BCUT2D eigenvalue weighted by atomic mass is 79.9. The summed E-state index contributed by atoms with van der Waals surface area (Å²) in [7, 11) is 0. The van der Waals surface area contributed by atoms with Crippen molar-refractivity contribution in [2.45, 2.75) is 26.7 Å². The van der Waals surface area contributed by atoms with Crippen LogP contribution in [0.1, 0.15) is 34.7 Å². The van der Waals surface area contributed by atoms with Crippen molar-refractivity contribution in [2.24, 2.45) is 5.92 Å². The molecule has 6 nitrogen and oxygen atoms in total. The molecule has 3 heterocycles. The van der Waals surface area contributed by atoms with E-state index in [2.05, 4.69) is 26.2 Å². The van der Waals surface area contributed by atoms with E-state index in [1.165, 1.54) is 6.20 Å². The molecule has 8 heteroatoms. The molecule has 0 atom stereocenters. The third kappa shape index (κ3) is 3.94. The average molecular weight is 441 g/mol. The van der Waals surface area contributed by atoms with Crippen LogP contribution in [0, 0.1) is 19.8 Å². The van der Waals surface area contributed by atoms with E-state index in [0.717, 1.165) is 0 Å². The number of carbonyl (C=O) groups is 2. The molecule has 2 aromatic rings. The maximum Gasteiger partial charge on any atom is 0.258 e. The lowest BCUT2D eigenvalue weighted by atomic mass is 9.95. The molecule has 0 unspecified atom stereocenters. The highest BCUT2D eigenvalue weighted by Crippen LogP contribution is 2.30. The fourth-order valence-corrected chi connectivity index (χ4v) is 3.72. The van der Waals surface area contributed by atoms with Crippen LogP contribution in [0.15, 0.2) is 27.2 Å². The van der Waals surface area contributed by atoms with Crippen molar-refractivity contribution in [1.29, 1.82) is 0 Å². The molecular weight excluding hydrogens is 422 g/mol. The summed E-state index contributed by atoms with van der Waals surface area (Å²) in [5, 5.41) is 3.32. The van der Waals surface area contributed by atoms with E-state index < -0.39 is 0 Å². The molecule has 0 aromatic carbocycles. The number of nitrogens with one attached hydrogen (secondary N) is 1. The first-order chi connectivity index (χ1) is 12.4. The maximum absolute atomic E-state index is 12.8. The first-order valence-electron chi connectivity index (χ1n) is 8.34. The quantitative estimate of drug-likeness (QED) is 0.776. The largest absolute Gasteiger partial charge is 0.465 e. The Morgan fingerprint density at radius 2 is 1.96 bits per heavy atom. The predicted molar refractivity (Wildman–Crippen MR) is 102 cm³/mol. The summed E-state index contributed by atoms with van der Waals surface area (Å²) in [6.07, 6.45) is 2.71. The minimum Gasteiger partial charge on any atom is -0.465 e. The average Bonchev–Trinajstić information content (AvgIpc) is 2.88. The number of hydrogen-bond donors (Lipinski definition) is 1. The molecule has 1 saturated heterocycles. The number of hydrogen-bond acceptors (Lipinski definition) is 4. The Hall–Kier alpha value is -1.86. The summed E-state index contributed by atoms with van der Waals surface area (Å²) in [4.78, 5) is 31.0. The van der Waals surface area contributed by atoms with Gasteiger partial charge in [0.05, 0.1) is 15.1 Å². The van der Waals surface area contributed by atoms with Crippen LogP contribution in [-0.2, 0) is 4.79 Å². The highest BCUT2D eigenvalue weighted by Gasteiger charge is 2.30. The molecule has 1 aliphatic rings. The normalized spacial score (nSPS) is 15.2. The van der Waals surface area contributed by atoms with Crippen LogP contribution in [-0.4, -0.2) is 34.8 Å². The van der Waals surface area contributed by atoms with Crippen LogP contribution in [0.2, 0.25) is 5.02 Å². The molecule has 1 fully saturated rings. The van der Waals surface area contributed by atoms with Crippen LogP contribution < -0.4 is 5.32 Å². The Kier molecular flexibility index (Phi) is 5.67. The first kappa shape index (κ1) is 18.9. The van der Waals surface area contributed by atoms with Gasteiger partial charge in [-0.25, -0.2) is 4.98 Å². The van der Waals surface area contributed by atoms with Gasteiger partial charge in [0.1, 0.15) is 17.3 Å². The number of amides is 2. The van der Waals surface area contributed by atoms with Gasteiger partial charge in [0.25, 0.3) is 5.91 Å². The number of pyridine rings is 1. The van der Waals surface area contributed by atoms with Crippen molar-refractivity contribution in [2.75, 3.05) is 18.4 Å². The number of piperidine rings is 1. The molecule has 0 bridgehead atoms. The summed E-state index contributed by atoms with van der Waals surface area (Å²) < 4.78 is 6.22. The molecule has 138 valence electrons. The van der Waals surface area contributed by atoms with Gasteiger partial charge in [-0.3, -0.25) is 9.59 Å². The third-order valence-corrected chi connectivity index (χ3v) is 5.71. The molecule has 2 aromatic heterocycles. The summed E-state index contributed by atoms with van der Waals surface area (Å²) in [6, 6.07) is 3.35. The number of carbonyl (C=O) groups excluding carboxylic acids is 2. The molecule has 2 amide bonds. The van der Waals surface area contributed by atoms with Crippen LogP contribution in [0.25, 0.3) is 0 Å². The number of rotatable bonds is 3. The van der Waals surface area contributed by atoms with Gasteiger partial charge in [-0.1, -0.05) is 11.6 Å². The van der Waals surface area contributed by atoms with Gasteiger partial charge in [0.15, 0.2) is 0 Å². The van der Waals surface area contributed by atoms with Crippen LogP contribution in [0.4, 0.5) is 5.82 Å². The molecular formula is C18H19BrClN3O3. The van der Waals surface area contributed by atoms with Crippen molar-refractivity contribution in [1.82, 2.24) is 9.88 Å². The van der Waals surface area contributed by atoms with E-state index in [1.807, 2.05) is 6.92 Å². The number of furan rings is 1. The van der Waals surface area contributed by atoms with Gasteiger partial charge >= 0.3 is 0 Å². The zero-order chi connectivity index (χ0) is 18.8. The molecule has 0 aliphatic carbocycles. The van der Waals surface area contributed by atoms with E-state index in [0.29, 0.717) is 58.3 Å². The second-order valence-electron chi connectivity index (χ2n) is 6.32. The molecule has 1 N–H and O–H groups in total. The van der Waals surface area contributed by atoms with E-state index in [9.17, 15) is 9.59 Å². The number of aromatic nitrogens is 1. The summed E-state index contributed by atoms with van der Waals surface area (Å²) in [5.41, 5.74) is 0.566. The Labute approximate surface area is 165 Å². The first-order valence-corrected chi connectivity index (χ1v) is 9.51. The fraction of sp³-hybridized carbons (Fsp3) is 0.389. The highest BCUT2D eigenvalue weighted by molar-refractivity contribution is 9.10. The monoisotopic (exact) mass is 439 g/mol. The Morgan fingerprint density at radius 3 is 2.50 bits per heavy atom. The van der Waals surface area contributed by atoms with Crippen LogP contribution >= 0.6 is 27.5 Å². The van der Waals surface area contributed by atoms with E-state index in [1.54, 1.807) is 24.0 Å².